The van der Waals surface area contributed by atoms with E-state index in [0.29, 0.717) is 11.0 Å². The predicted octanol–water partition coefficient (Wildman–Crippen LogP) is 4.69. The standard InChI is InChI=1S/C14H13BrN2O2S/c1-20-12-5-2-10(3-6-12)9-16-14-7-4-11(17(18)19)8-13(14)15/h2-8,16H,9H2,1H3. The van der Waals surface area contributed by atoms with Crippen LogP contribution in [0.4, 0.5) is 11.4 Å². The minimum Gasteiger partial charge on any atom is -0.380 e. The van der Waals surface area contributed by atoms with Crippen molar-refractivity contribution in [2.45, 2.75) is 11.4 Å². The van der Waals surface area contributed by atoms with Crippen LogP contribution in [0.2, 0.25) is 0 Å². The van der Waals surface area contributed by atoms with Crippen LogP contribution >= 0.6 is 27.7 Å². The lowest BCUT2D eigenvalue weighted by atomic mass is 10.2. The van der Waals surface area contributed by atoms with Gasteiger partial charge in [0.1, 0.15) is 0 Å². The summed E-state index contributed by atoms with van der Waals surface area (Å²) in [6, 6.07) is 13.0. The molecule has 20 heavy (non-hydrogen) atoms. The fraction of sp³-hybridized carbons (Fsp3) is 0.143. The number of nitro groups is 1. The van der Waals surface area contributed by atoms with Crippen molar-refractivity contribution >= 4 is 39.1 Å². The first kappa shape index (κ1) is 14.9. The van der Waals surface area contributed by atoms with Gasteiger partial charge in [-0.05, 0) is 45.9 Å². The van der Waals surface area contributed by atoms with Crippen molar-refractivity contribution in [2.75, 3.05) is 11.6 Å². The molecule has 0 saturated carbocycles. The minimum atomic E-state index is -0.407. The van der Waals surface area contributed by atoms with Crippen molar-refractivity contribution in [1.82, 2.24) is 0 Å². The lowest BCUT2D eigenvalue weighted by Gasteiger charge is -2.09. The van der Waals surface area contributed by atoms with Crippen LogP contribution in [-0.2, 0) is 6.54 Å². The average molecular weight is 353 g/mol. The van der Waals surface area contributed by atoms with Crippen molar-refractivity contribution in [1.29, 1.82) is 0 Å². The molecule has 0 unspecified atom stereocenters. The molecule has 2 aromatic rings. The second-order valence-electron chi connectivity index (χ2n) is 4.12. The molecule has 0 spiro atoms. The maximum atomic E-state index is 10.7. The van der Waals surface area contributed by atoms with Gasteiger partial charge < -0.3 is 5.32 Å². The quantitative estimate of drug-likeness (QED) is 0.481. The molecular formula is C14H13BrN2O2S. The Labute approximate surface area is 129 Å². The third-order valence-corrected chi connectivity index (χ3v) is 4.21. The number of non-ortho nitro benzene ring substituents is 1. The maximum Gasteiger partial charge on any atom is 0.270 e. The Morgan fingerprint density at radius 3 is 2.50 bits per heavy atom. The van der Waals surface area contributed by atoms with Crippen LogP contribution < -0.4 is 5.32 Å². The van der Waals surface area contributed by atoms with E-state index in [-0.39, 0.29) is 5.69 Å². The molecule has 0 aliphatic rings. The van der Waals surface area contributed by atoms with Gasteiger partial charge in [-0.15, -0.1) is 11.8 Å². The summed E-state index contributed by atoms with van der Waals surface area (Å²) in [6.45, 7) is 0.672. The van der Waals surface area contributed by atoms with Crippen LogP contribution in [0.5, 0.6) is 0 Å². The van der Waals surface area contributed by atoms with Gasteiger partial charge in [-0.1, -0.05) is 12.1 Å². The molecule has 1 N–H and O–H groups in total. The van der Waals surface area contributed by atoms with Gasteiger partial charge in [0.05, 0.1) is 4.92 Å². The number of nitrogens with one attached hydrogen (secondary N) is 1. The van der Waals surface area contributed by atoms with Crippen LogP contribution in [0.25, 0.3) is 0 Å². The fourth-order valence-electron chi connectivity index (χ4n) is 1.70. The SMILES string of the molecule is CSc1ccc(CNc2ccc([N+](=O)[O-])cc2Br)cc1. The smallest absolute Gasteiger partial charge is 0.270 e. The van der Waals surface area contributed by atoms with E-state index in [4.69, 9.17) is 0 Å². The first-order valence-electron chi connectivity index (χ1n) is 5.91. The highest BCUT2D eigenvalue weighted by Crippen LogP contribution is 2.27. The van der Waals surface area contributed by atoms with Gasteiger partial charge in [-0.3, -0.25) is 10.1 Å². The molecule has 6 heteroatoms. The number of hydrogen-bond donors (Lipinski definition) is 1. The zero-order valence-electron chi connectivity index (χ0n) is 10.8. The number of halogens is 1. The number of rotatable bonds is 5. The molecule has 0 bridgehead atoms. The Morgan fingerprint density at radius 2 is 1.95 bits per heavy atom. The van der Waals surface area contributed by atoms with Gasteiger partial charge in [0.25, 0.3) is 5.69 Å². The summed E-state index contributed by atoms with van der Waals surface area (Å²) in [6.07, 6.45) is 2.04. The fourth-order valence-corrected chi connectivity index (χ4v) is 2.62. The highest BCUT2D eigenvalue weighted by Gasteiger charge is 2.08. The van der Waals surface area contributed by atoms with Gasteiger partial charge in [0.2, 0.25) is 0 Å². The summed E-state index contributed by atoms with van der Waals surface area (Å²) < 4.78 is 0.687. The van der Waals surface area contributed by atoms with Crippen molar-refractivity contribution in [3.05, 3.63) is 62.6 Å². The van der Waals surface area contributed by atoms with E-state index >= 15 is 0 Å². The van der Waals surface area contributed by atoms with Gasteiger partial charge in [0.15, 0.2) is 0 Å². The Balaban J connectivity index is 2.04. The van der Waals surface area contributed by atoms with Crippen LogP contribution in [-0.4, -0.2) is 11.2 Å². The Hall–Kier alpha value is -1.53. The number of anilines is 1. The Kier molecular flexibility index (Phi) is 5.03. The molecule has 2 aromatic carbocycles. The van der Waals surface area contributed by atoms with E-state index in [0.717, 1.165) is 11.3 Å². The molecule has 0 heterocycles. The summed E-state index contributed by atoms with van der Waals surface area (Å²) in [5.41, 5.74) is 2.07. The monoisotopic (exact) mass is 352 g/mol. The zero-order chi connectivity index (χ0) is 14.5. The van der Waals surface area contributed by atoms with Crippen LogP contribution in [0.15, 0.2) is 51.8 Å². The minimum absolute atomic E-state index is 0.0757. The summed E-state index contributed by atoms with van der Waals surface area (Å²) in [4.78, 5) is 11.5. The molecular weight excluding hydrogens is 340 g/mol. The molecule has 0 radical (unpaired) electrons. The van der Waals surface area contributed by atoms with Gasteiger partial charge in [-0.2, -0.15) is 0 Å². The number of nitrogens with zero attached hydrogens (tertiary/aromatic N) is 1. The molecule has 0 aromatic heterocycles. The molecule has 2 rings (SSSR count). The van der Waals surface area contributed by atoms with Gasteiger partial charge in [-0.25, -0.2) is 0 Å². The lowest BCUT2D eigenvalue weighted by Crippen LogP contribution is -2.00. The summed E-state index contributed by atoms with van der Waals surface area (Å²) in [5, 5.41) is 13.9. The van der Waals surface area contributed by atoms with Crippen LogP contribution in [0.1, 0.15) is 5.56 Å². The molecule has 104 valence electrons. The topological polar surface area (TPSA) is 55.2 Å². The second-order valence-corrected chi connectivity index (χ2v) is 5.86. The zero-order valence-corrected chi connectivity index (χ0v) is 13.2. The Bertz CT molecular complexity index is 617. The van der Waals surface area contributed by atoms with Crippen LogP contribution in [0, 0.1) is 10.1 Å². The van der Waals surface area contributed by atoms with E-state index in [9.17, 15) is 10.1 Å². The number of benzene rings is 2. The average Bonchev–Trinajstić information content (AvgIpc) is 2.46. The predicted molar refractivity (Wildman–Crippen MR) is 86.3 cm³/mol. The Morgan fingerprint density at radius 1 is 1.25 bits per heavy atom. The largest absolute Gasteiger partial charge is 0.380 e. The molecule has 0 atom stereocenters. The highest BCUT2D eigenvalue weighted by molar-refractivity contribution is 9.10. The molecule has 0 saturated heterocycles. The van der Waals surface area contributed by atoms with Crippen molar-refractivity contribution in [3.63, 3.8) is 0 Å². The number of hydrogen-bond acceptors (Lipinski definition) is 4. The summed E-state index contributed by atoms with van der Waals surface area (Å²) in [5.74, 6) is 0. The second kappa shape index (κ2) is 6.76. The molecule has 0 aliphatic carbocycles. The van der Waals surface area contributed by atoms with Crippen LogP contribution in [0.3, 0.4) is 0 Å². The first-order valence-corrected chi connectivity index (χ1v) is 7.92. The van der Waals surface area contributed by atoms with Crippen molar-refractivity contribution in [2.24, 2.45) is 0 Å². The number of thioether (sulfide) groups is 1. The molecule has 0 amide bonds. The summed E-state index contributed by atoms with van der Waals surface area (Å²) >= 11 is 5.05. The van der Waals surface area contributed by atoms with E-state index < -0.39 is 4.92 Å². The first-order chi connectivity index (χ1) is 9.60. The van der Waals surface area contributed by atoms with Crippen molar-refractivity contribution < 1.29 is 4.92 Å². The van der Waals surface area contributed by atoms with Gasteiger partial charge in [0, 0.05) is 33.7 Å². The van der Waals surface area contributed by atoms with E-state index in [2.05, 4.69) is 45.5 Å². The molecule has 0 fully saturated rings. The van der Waals surface area contributed by atoms with Crippen molar-refractivity contribution in [3.8, 4) is 0 Å². The van der Waals surface area contributed by atoms with E-state index in [1.165, 1.54) is 17.0 Å². The highest BCUT2D eigenvalue weighted by atomic mass is 79.9. The van der Waals surface area contributed by atoms with E-state index in [1.54, 1.807) is 17.8 Å². The summed E-state index contributed by atoms with van der Waals surface area (Å²) in [7, 11) is 0. The van der Waals surface area contributed by atoms with E-state index in [1.807, 2.05) is 6.26 Å². The third kappa shape index (κ3) is 3.74. The maximum absolute atomic E-state index is 10.7. The third-order valence-electron chi connectivity index (χ3n) is 2.81. The van der Waals surface area contributed by atoms with Gasteiger partial charge >= 0.3 is 0 Å². The number of nitro benzene ring substituents is 1. The normalized spacial score (nSPS) is 10.3. The molecule has 0 aliphatic heterocycles. The lowest BCUT2D eigenvalue weighted by molar-refractivity contribution is -0.384. The molecule has 4 nitrogen and oxygen atoms in total.